The van der Waals surface area contributed by atoms with Gasteiger partial charge in [0.05, 0.1) is 11.7 Å². The van der Waals surface area contributed by atoms with E-state index in [4.69, 9.17) is 4.74 Å². The van der Waals surface area contributed by atoms with Crippen LogP contribution in [0.4, 0.5) is 5.69 Å². The fourth-order valence-electron chi connectivity index (χ4n) is 2.44. The molecule has 0 saturated heterocycles. The highest BCUT2D eigenvalue weighted by Crippen LogP contribution is 2.32. The molecule has 1 atom stereocenters. The highest BCUT2D eigenvalue weighted by Gasteiger charge is 2.24. The van der Waals surface area contributed by atoms with Gasteiger partial charge in [-0.25, -0.2) is 0 Å². The summed E-state index contributed by atoms with van der Waals surface area (Å²) in [4.78, 5) is 25.6. The Hall–Kier alpha value is -2.90. The number of aryl methyl sites for hydroxylation is 1. The highest BCUT2D eigenvalue weighted by atomic mass is 16.5. The van der Waals surface area contributed by atoms with Crippen molar-refractivity contribution in [2.75, 3.05) is 18.6 Å². The number of nitrogens with one attached hydrogen (secondary N) is 1. The molecule has 2 aromatic rings. The average Bonchev–Trinajstić information content (AvgIpc) is 2.97. The number of anilines is 1. The second-order valence-corrected chi connectivity index (χ2v) is 5.42. The fourth-order valence-corrected chi connectivity index (χ4v) is 2.44. The lowest BCUT2D eigenvalue weighted by atomic mass is 10.1. The van der Waals surface area contributed by atoms with E-state index in [1.165, 1.54) is 4.90 Å². The van der Waals surface area contributed by atoms with Crippen LogP contribution in [0.15, 0.2) is 24.5 Å². The molecule has 0 aliphatic carbocycles. The Balaban J connectivity index is 1.81. The number of aromatic nitrogens is 3. The van der Waals surface area contributed by atoms with Crippen molar-refractivity contribution in [2.45, 2.75) is 13.0 Å². The molecule has 3 rings (SSSR count). The number of amides is 2. The summed E-state index contributed by atoms with van der Waals surface area (Å²) in [6, 6.07) is 4.72. The SMILES string of the molecule is C[C@H](NC(=O)c1ccc2c(c1)N(C)C(=O)CO2)c1nncn1C. The van der Waals surface area contributed by atoms with Gasteiger partial charge in [-0.2, -0.15) is 0 Å². The van der Waals surface area contributed by atoms with E-state index in [2.05, 4.69) is 15.5 Å². The first-order chi connectivity index (χ1) is 11.0. The van der Waals surface area contributed by atoms with Crippen molar-refractivity contribution in [3.8, 4) is 5.75 Å². The van der Waals surface area contributed by atoms with E-state index in [0.717, 1.165) is 0 Å². The smallest absolute Gasteiger partial charge is 0.264 e. The first-order valence-electron chi connectivity index (χ1n) is 7.15. The fraction of sp³-hybridized carbons (Fsp3) is 0.333. The van der Waals surface area contributed by atoms with E-state index in [-0.39, 0.29) is 24.5 Å². The van der Waals surface area contributed by atoms with Crippen molar-refractivity contribution in [3.05, 3.63) is 35.9 Å². The third-order valence-electron chi connectivity index (χ3n) is 3.79. The summed E-state index contributed by atoms with van der Waals surface area (Å²) < 4.78 is 7.10. The van der Waals surface area contributed by atoms with Crippen molar-refractivity contribution in [1.82, 2.24) is 20.1 Å². The number of hydrogen-bond acceptors (Lipinski definition) is 5. The zero-order valence-corrected chi connectivity index (χ0v) is 13.1. The van der Waals surface area contributed by atoms with Crippen LogP contribution in [0.5, 0.6) is 5.75 Å². The maximum absolute atomic E-state index is 12.4. The Kier molecular flexibility index (Phi) is 3.73. The Bertz CT molecular complexity index is 770. The van der Waals surface area contributed by atoms with Gasteiger partial charge in [-0.1, -0.05) is 0 Å². The number of ether oxygens (including phenoxy) is 1. The molecule has 0 fully saturated rings. The average molecular weight is 315 g/mol. The summed E-state index contributed by atoms with van der Waals surface area (Å²) in [6.07, 6.45) is 1.58. The first-order valence-corrected chi connectivity index (χ1v) is 7.15. The molecule has 0 unspecified atom stereocenters. The van der Waals surface area contributed by atoms with Crippen molar-refractivity contribution in [1.29, 1.82) is 0 Å². The second kappa shape index (κ2) is 5.71. The van der Waals surface area contributed by atoms with Crippen LogP contribution in [0.1, 0.15) is 29.1 Å². The molecule has 0 saturated carbocycles. The topological polar surface area (TPSA) is 89.3 Å². The number of rotatable bonds is 3. The molecule has 1 aromatic carbocycles. The number of likely N-dealkylation sites (N-methyl/N-ethyl adjacent to an activating group) is 1. The van der Waals surface area contributed by atoms with Gasteiger partial charge >= 0.3 is 0 Å². The molecule has 1 aromatic heterocycles. The molecule has 2 amide bonds. The standard InChI is InChI=1S/C15H17N5O3/c1-9(14-18-16-8-19(14)2)17-15(22)10-4-5-12-11(6-10)20(3)13(21)7-23-12/h4-6,8-9H,7H2,1-3H3,(H,17,22)/t9-/m0/s1. The number of carbonyl (C=O) groups excluding carboxylic acids is 2. The quantitative estimate of drug-likeness (QED) is 0.899. The van der Waals surface area contributed by atoms with Gasteiger partial charge in [0.1, 0.15) is 12.1 Å². The molecule has 0 spiro atoms. The molecule has 1 aliphatic heterocycles. The number of hydrogen-bond donors (Lipinski definition) is 1. The van der Waals surface area contributed by atoms with Crippen LogP contribution in [-0.2, 0) is 11.8 Å². The number of carbonyl (C=O) groups is 2. The van der Waals surface area contributed by atoms with Gasteiger partial charge in [0.2, 0.25) is 0 Å². The van der Waals surface area contributed by atoms with Crippen LogP contribution in [-0.4, -0.2) is 40.2 Å². The molecule has 0 radical (unpaired) electrons. The predicted molar refractivity (Wildman–Crippen MR) is 82.2 cm³/mol. The van der Waals surface area contributed by atoms with E-state index < -0.39 is 0 Å². The zero-order chi connectivity index (χ0) is 16.6. The second-order valence-electron chi connectivity index (χ2n) is 5.42. The van der Waals surface area contributed by atoms with Crippen LogP contribution in [0.2, 0.25) is 0 Å². The van der Waals surface area contributed by atoms with Crippen LogP contribution in [0.3, 0.4) is 0 Å². The lowest BCUT2D eigenvalue weighted by Gasteiger charge is -2.26. The van der Waals surface area contributed by atoms with E-state index >= 15 is 0 Å². The molecule has 23 heavy (non-hydrogen) atoms. The number of benzene rings is 1. The van der Waals surface area contributed by atoms with Crippen LogP contribution in [0, 0.1) is 0 Å². The summed E-state index contributed by atoms with van der Waals surface area (Å²) >= 11 is 0. The van der Waals surface area contributed by atoms with Crippen LogP contribution in [0.25, 0.3) is 0 Å². The summed E-state index contributed by atoms with van der Waals surface area (Å²) in [5, 5.41) is 10.6. The molecule has 1 aliphatic rings. The molecule has 2 heterocycles. The lowest BCUT2D eigenvalue weighted by Crippen LogP contribution is -2.36. The Morgan fingerprint density at radius 3 is 2.87 bits per heavy atom. The summed E-state index contributed by atoms with van der Waals surface area (Å²) in [5.41, 5.74) is 1.03. The van der Waals surface area contributed by atoms with Crippen LogP contribution < -0.4 is 15.0 Å². The van der Waals surface area contributed by atoms with Gasteiger partial charge < -0.3 is 19.5 Å². The van der Waals surface area contributed by atoms with Gasteiger partial charge in [0.25, 0.3) is 11.8 Å². The van der Waals surface area contributed by atoms with Crippen LogP contribution >= 0.6 is 0 Å². The molecular weight excluding hydrogens is 298 g/mol. The van der Waals surface area contributed by atoms with E-state index in [1.807, 2.05) is 14.0 Å². The minimum atomic E-state index is -0.290. The zero-order valence-electron chi connectivity index (χ0n) is 13.1. The molecule has 120 valence electrons. The van der Waals surface area contributed by atoms with Crippen molar-refractivity contribution in [2.24, 2.45) is 7.05 Å². The highest BCUT2D eigenvalue weighted by molar-refractivity contribution is 6.01. The third kappa shape index (κ3) is 2.75. The summed E-state index contributed by atoms with van der Waals surface area (Å²) in [7, 11) is 3.47. The van der Waals surface area contributed by atoms with E-state index in [1.54, 1.807) is 36.1 Å². The lowest BCUT2D eigenvalue weighted by molar-refractivity contribution is -0.120. The van der Waals surface area contributed by atoms with Gasteiger partial charge in [-0.15, -0.1) is 10.2 Å². The Labute approximate surface area is 133 Å². The van der Waals surface area contributed by atoms with Gasteiger partial charge in [-0.05, 0) is 25.1 Å². The molecule has 8 nitrogen and oxygen atoms in total. The maximum Gasteiger partial charge on any atom is 0.264 e. The van der Waals surface area contributed by atoms with Crippen molar-refractivity contribution in [3.63, 3.8) is 0 Å². The molecule has 0 bridgehead atoms. The molecule has 8 heteroatoms. The van der Waals surface area contributed by atoms with Gasteiger partial charge in [0, 0.05) is 19.7 Å². The van der Waals surface area contributed by atoms with Gasteiger partial charge in [0.15, 0.2) is 12.4 Å². The van der Waals surface area contributed by atoms with E-state index in [0.29, 0.717) is 22.8 Å². The third-order valence-corrected chi connectivity index (χ3v) is 3.79. The monoisotopic (exact) mass is 315 g/mol. The Morgan fingerprint density at radius 2 is 2.17 bits per heavy atom. The number of nitrogens with zero attached hydrogens (tertiary/aromatic N) is 4. The summed E-state index contributed by atoms with van der Waals surface area (Å²) in [6.45, 7) is 1.84. The summed E-state index contributed by atoms with van der Waals surface area (Å²) in [5.74, 6) is 0.842. The molecule has 1 N–H and O–H groups in total. The van der Waals surface area contributed by atoms with Crippen molar-refractivity contribution < 1.29 is 14.3 Å². The number of fused-ring (bicyclic) bond motifs is 1. The minimum Gasteiger partial charge on any atom is -0.482 e. The normalized spacial score (nSPS) is 14.9. The largest absolute Gasteiger partial charge is 0.482 e. The predicted octanol–water partition coefficient (Wildman–Crippen LogP) is 0.661. The van der Waals surface area contributed by atoms with Crippen molar-refractivity contribution >= 4 is 17.5 Å². The Morgan fingerprint density at radius 1 is 1.39 bits per heavy atom. The molecular formula is C15H17N5O3. The van der Waals surface area contributed by atoms with E-state index in [9.17, 15) is 9.59 Å². The minimum absolute atomic E-state index is 0.0121. The first kappa shape index (κ1) is 15.0. The maximum atomic E-state index is 12.4. The van der Waals surface area contributed by atoms with Gasteiger partial charge in [-0.3, -0.25) is 9.59 Å².